The van der Waals surface area contributed by atoms with Crippen LogP contribution in [0.15, 0.2) is 42.5 Å². The average molecular weight is 378 g/mol. The van der Waals surface area contributed by atoms with E-state index < -0.39 is 0 Å². The van der Waals surface area contributed by atoms with E-state index in [4.69, 9.17) is 9.47 Å². The average Bonchev–Trinajstić information content (AvgIpc) is 3.03. The van der Waals surface area contributed by atoms with Crippen LogP contribution in [0.25, 0.3) is 10.9 Å². The normalized spacial score (nSPS) is 13.5. The summed E-state index contributed by atoms with van der Waals surface area (Å²) in [7, 11) is 5.35. The van der Waals surface area contributed by atoms with Gasteiger partial charge in [-0.25, -0.2) is 0 Å². The maximum absolute atomic E-state index is 12.8. The molecule has 2 aromatic carbocycles. The third-order valence-electron chi connectivity index (χ3n) is 5.74. The summed E-state index contributed by atoms with van der Waals surface area (Å²) in [5.74, 6) is 1.60. The number of aromatic nitrogens is 1. The zero-order valence-corrected chi connectivity index (χ0v) is 16.7. The fourth-order valence-corrected chi connectivity index (χ4v) is 4.17. The van der Waals surface area contributed by atoms with E-state index in [9.17, 15) is 4.79 Å². The second kappa shape index (κ2) is 7.58. The van der Waals surface area contributed by atoms with Crippen molar-refractivity contribution >= 4 is 16.8 Å². The van der Waals surface area contributed by atoms with E-state index in [0.29, 0.717) is 30.9 Å². The highest BCUT2D eigenvalue weighted by Crippen LogP contribution is 2.31. The molecule has 5 heteroatoms. The summed E-state index contributed by atoms with van der Waals surface area (Å²) in [5.41, 5.74) is 4.97. The molecule has 0 atom stereocenters. The number of hydrogen-bond acceptors (Lipinski definition) is 3. The molecule has 0 bridgehead atoms. The summed E-state index contributed by atoms with van der Waals surface area (Å²) in [5, 5.41) is 1.32. The Morgan fingerprint density at radius 2 is 1.86 bits per heavy atom. The Kier molecular flexibility index (Phi) is 4.99. The lowest BCUT2D eigenvalue weighted by atomic mass is 10.0. The highest BCUT2D eigenvalue weighted by molar-refractivity contribution is 5.86. The molecule has 0 saturated heterocycles. The Bertz CT molecular complexity index is 1020. The fraction of sp³-hybridized carbons (Fsp3) is 0.348. The highest BCUT2D eigenvalue weighted by Gasteiger charge is 2.25. The first-order valence-electron chi connectivity index (χ1n) is 9.66. The number of amides is 1. The number of carbonyl (C=O) groups excluding carboxylic acids is 1. The molecule has 0 aliphatic carbocycles. The van der Waals surface area contributed by atoms with Crippen LogP contribution in [-0.2, 0) is 31.2 Å². The van der Waals surface area contributed by atoms with Crippen molar-refractivity contribution in [1.82, 2.24) is 9.47 Å². The monoisotopic (exact) mass is 378 g/mol. The first kappa shape index (κ1) is 18.4. The predicted octanol–water partition coefficient (Wildman–Crippen LogP) is 3.71. The summed E-state index contributed by atoms with van der Waals surface area (Å²) in [6.07, 6.45) is 2.10. The van der Waals surface area contributed by atoms with E-state index in [-0.39, 0.29) is 5.91 Å². The van der Waals surface area contributed by atoms with Gasteiger partial charge in [0.1, 0.15) is 0 Å². The van der Waals surface area contributed by atoms with Crippen LogP contribution in [0.4, 0.5) is 0 Å². The van der Waals surface area contributed by atoms with E-state index in [1.165, 1.54) is 22.2 Å². The summed E-state index contributed by atoms with van der Waals surface area (Å²) in [4.78, 5) is 14.8. The molecule has 1 aliphatic rings. The summed E-state index contributed by atoms with van der Waals surface area (Å²) >= 11 is 0. The number of hydrogen-bond donors (Lipinski definition) is 0. The molecule has 0 spiro atoms. The maximum atomic E-state index is 12.8. The van der Waals surface area contributed by atoms with E-state index in [0.717, 1.165) is 18.5 Å². The largest absolute Gasteiger partial charge is 0.493 e. The highest BCUT2D eigenvalue weighted by atomic mass is 16.5. The number of nitrogens with zero attached hydrogens (tertiary/aromatic N) is 2. The number of carbonyl (C=O) groups is 1. The van der Waals surface area contributed by atoms with Crippen molar-refractivity contribution < 1.29 is 14.3 Å². The van der Waals surface area contributed by atoms with E-state index in [1.54, 1.807) is 14.2 Å². The number of benzene rings is 2. The van der Waals surface area contributed by atoms with E-state index in [1.807, 2.05) is 23.1 Å². The molecule has 146 valence electrons. The number of para-hydroxylation sites is 1. The van der Waals surface area contributed by atoms with Crippen LogP contribution in [0.3, 0.4) is 0 Å². The minimum atomic E-state index is 0.200. The molecule has 4 rings (SSSR count). The van der Waals surface area contributed by atoms with Gasteiger partial charge in [0.15, 0.2) is 11.5 Å². The van der Waals surface area contributed by atoms with Crippen LogP contribution in [0.5, 0.6) is 11.5 Å². The van der Waals surface area contributed by atoms with Gasteiger partial charge in [-0.15, -0.1) is 0 Å². The molecule has 0 saturated carbocycles. The van der Waals surface area contributed by atoms with Crippen molar-refractivity contribution in [3.05, 3.63) is 59.3 Å². The molecule has 5 nitrogen and oxygen atoms in total. The maximum Gasteiger partial charge on any atom is 0.223 e. The Hall–Kier alpha value is -2.95. The first-order valence-corrected chi connectivity index (χ1v) is 9.66. The predicted molar refractivity (Wildman–Crippen MR) is 110 cm³/mol. The molecule has 1 aromatic heterocycles. The third kappa shape index (κ3) is 3.21. The van der Waals surface area contributed by atoms with Gasteiger partial charge in [-0.3, -0.25) is 4.79 Å². The SMILES string of the molecule is COc1ccc(CCC(=O)N2CCc3c(n(C)c4ccccc34)C2)cc1OC. The van der Waals surface area contributed by atoms with Crippen LogP contribution in [0, 0.1) is 0 Å². The van der Waals surface area contributed by atoms with Gasteiger partial charge in [0, 0.05) is 36.6 Å². The van der Waals surface area contributed by atoms with Crippen molar-refractivity contribution in [2.45, 2.75) is 25.8 Å². The van der Waals surface area contributed by atoms with Gasteiger partial charge < -0.3 is 18.9 Å². The van der Waals surface area contributed by atoms with Crippen molar-refractivity contribution in [2.24, 2.45) is 7.05 Å². The molecular weight excluding hydrogens is 352 g/mol. The lowest BCUT2D eigenvalue weighted by Gasteiger charge is -2.28. The molecule has 0 unspecified atom stereocenters. The van der Waals surface area contributed by atoms with Crippen molar-refractivity contribution in [3.8, 4) is 11.5 Å². The molecule has 0 fully saturated rings. The Balaban J connectivity index is 1.46. The van der Waals surface area contributed by atoms with Gasteiger partial charge in [0.05, 0.1) is 20.8 Å². The smallest absolute Gasteiger partial charge is 0.223 e. The number of fused-ring (bicyclic) bond motifs is 3. The molecular formula is C23H26N2O3. The number of rotatable bonds is 5. The quantitative estimate of drug-likeness (QED) is 0.680. The van der Waals surface area contributed by atoms with Crippen LogP contribution < -0.4 is 9.47 Å². The van der Waals surface area contributed by atoms with Crippen LogP contribution in [0.2, 0.25) is 0 Å². The van der Waals surface area contributed by atoms with Crippen LogP contribution in [-0.4, -0.2) is 36.1 Å². The fourth-order valence-electron chi connectivity index (χ4n) is 4.17. The van der Waals surface area contributed by atoms with Gasteiger partial charge in [-0.05, 0) is 42.2 Å². The zero-order chi connectivity index (χ0) is 19.7. The van der Waals surface area contributed by atoms with Crippen molar-refractivity contribution in [3.63, 3.8) is 0 Å². The third-order valence-corrected chi connectivity index (χ3v) is 5.74. The molecule has 3 aromatic rings. The minimum Gasteiger partial charge on any atom is -0.493 e. The zero-order valence-electron chi connectivity index (χ0n) is 16.7. The molecule has 2 heterocycles. The van der Waals surface area contributed by atoms with Gasteiger partial charge >= 0.3 is 0 Å². The van der Waals surface area contributed by atoms with E-state index >= 15 is 0 Å². The second-order valence-corrected chi connectivity index (χ2v) is 7.26. The molecule has 1 aliphatic heterocycles. The molecule has 28 heavy (non-hydrogen) atoms. The molecule has 0 N–H and O–H groups in total. The molecule has 0 radical (unpaired) electrons. The standard InChI is InChI=1S/C23H26N2O3/c1-24-19-7-5-4-6-17(19)18-12-13-25(15-20(18)24)23(26)11-9-16-8-10-21(27-2)22(14-16)28-3/h4-8,10,14H,9,11-13,15H2,1-3H3. The van der Waals surface area contributed by atoms with E-state index in [2.05, 4.69) is 35.9 Å². The lowest BCUT2D eigenvalue weighted by molar-refractivity contribution is -0.132. The van der Waals surface area contributed by atoms with Gasteiger partial charge in [-0.1, -0.05) is 24.3 Å². The van der Waals surface area contributed by atoms with Crippen molar-refractivity contribution in [2.75, 3.05) is 20.8 Å². The summed E-state index contributed by atoms with van der Waals surface area (Å²) < 4.78 is 12.9. The van der Waals surface area contributed by atoms with Gasteiger partial charge in [-0.2, -0.15) is 0 Å². The first-order chi connectivity index (χ1) is 13.6. The Labute approximate surface area is 165 Å². The Morgan fingerprint density at radius 1 is 1.07 bits per heavy atom. The molecule has 1 amide bonds. The van der Waals surface area contributed by atoms with Gasteiger partial charge in [0.2, 0.25) is 5.91 Å². The van der Waals surface area contributed by atoms with Crippen molar-refractivity contribution in [1.29, 1.82) is 0 Å². The number of aryl methyl sites for hydroxylation is 2. The summed E-state index contributed by atoms with van der Waals surface area (Å²) in [6.45, 7) is 1.47. The minimum absolute atomic E-state index is 0.200. The second-order valence-electron chi connectivity index (χ2n) is 7.26. The van der Waals surface area contributed by atoms with Crippen LogP contribution >= 0.6 is 0 Å². The Morgan fingerprint density at radius 3 is 2.64 bits per heavy atom. The number of methoxy groups -OCH3 is 2. The lowest BCUT2D eigenvalue weighted by Crippen LogP contribution is -2.36. The number of ether oxygens (including phenoxy) is 2. The summed E-state index contributed by atoms with van der Waals surface area (Å²) in [6, 6.07) is 14.3. The topological polar surface area (TPSA) is 43.7 Å². The van der Waals surface area contributed by atoms with Crippen LogP contribution in [0.1, 0.15) is 23.2 Å². The van der Waals surface area contributed by atoms with Gasteiger partial charge in [0.25, 0.3) is 0 Å².